The van der Waals surface area contributed by atoms with E-state index in [1.807, 2.05) is 6.08 Å². The Bertz CT molecular complexity index is 925. The molecule has 1 aliphatic heterocycles. The molecule has 3 N–H and O–H groups in total. The number of esters is 1. The Morgan fingerprint density at radius 3 is 2.49 bits per heavy atom. The van der Waals surface area contributed by atoms with Crippen molar-refractivity contribution in [3.8, 4) is 0 Å². The molecule has 1 aliphatic carbocycles. The molecular weight excluding hydrogens is 505 g/mol. The summed E-state index contributed by atoms with van der Waals surface area (Å²) in [6.45, 7) is 14.1. The minimum atomic E-state index is -0.708. The van der Waals surface area contributed by atoms with Crippen molar-refractivity contribution in [3.05, 3.63) is 46.1 Å². The van der Waals surface area contributed by atoms with Gasteiger partial charge in [0.05, 0.1) is 0 Å². The number of carbonyl (C=O) groups is 2. The molecule has 6 nitrogen and oxygen atoms in total. The molecule has 2 aliphatic rings. The van der Waals surface area contributed by atoms with Crippen molar-refractivity contribution in [2.24, 2.45) is 23.0 Å². The zero-order valence-electron chi connectivity index (χ0n) is 23.2. The first-order chi connectivity index (χ1) is 17.2. The van der Waals surface area contributed by atoms with Gasteiger partial charge in [0, 0.05) is 23.5 Å². The van der Waals surface area contributed by atoms with E-state index in [2.05, 4.69) is 50.4 Å². The summed E-state index contributed by atoms with van der Waals surface area (Å²) in [4.78, 5) is 25.7. The van der Waals surface area contributed by atoms with Gasteiger partial charge in [0.2, 0.25) is 0 Å². The normalized spacial score (nSPS) is 25.5. The van der Waals surface area contributed by atoms with E-state index in [4.69, 9.17) is 15.2 Å². The number of hydrogen-bond acceptors (Lipinski definition) is 7. The van der Waals surface area contributed by atoms with Gasteiger partial charge in [0.15, 0.2) is 5.78 Å². The molecule has 1 heterocycles. The number of Topliss-reactive ketones (excluding diaryl/α,β-unsaturated/α-hetero) is 1. The van der Waals surface area contributed by atoms with Crippen LogP contribution < -0.4 is 5.73 Å². The topological polar surface area (TPSA) is 98.9 Å². The summed E-state index contributed by atoms with van der Waals surface area (Å²) in [5.41, 5.74) is 5.18. The molecular formula is C29H46NO5PS. The number of aliphatic hydroxyl groups is 1. The van der Waals surface area contributed by atoms with Gasteiger partial charge in [-0.05, 0) is 67.9 Å². The van der Waals surface area contributed by atoms with Crippen LogP contribution in [-0.2, 0) is 19.1 Å². The van der Waals surface area contributed by atoms with Gasteiger partial charge in [-0.15, -0.1) is 9.24 Å². The SMILES string of the molecule is C=C(/C=C\C(=C\C(C)(C)C)SC1=C(O)CC(CCC2CCC(N)CC2)(C(C)C)OC1=O)OCC(=O)CP. The Labute approximate surface area is 229 Å². The molecule has 0 spiro atoms. The van der Waals surface area contributed by atoms with E-state index in [-0.39, 0.29) is 34.4 Å². The maximum absolute atomic E-state index is 13.3. The second-order valence-corrected chi connectivity index (χ2v) is 13.2. The van der Waals surface area contributed by atoms with Crippen LogP contribution in [-0.4, -0.2) is 41.3 Å². The first-order valence-corrected chi connectivity index (χ1v) is 14.9. The third-order valence-electron chi connectivity index (χ3n) is 7.00. The highest BCUT2D eigenvalue weighted by atomic mass is 32.2. The van der Waals surface area contributed by atoms with Crippen LogP contribution in [0.1, 0.15) is 79.6 Å². The zero-order valence-corrected chi connectivity index (χ0v) is 25.1. The van der Waals surface area contributed by atoms with Gasteiger partial charge < -0.3 is 20.3 Å². The number of cyclic esters (lactones) is 1. The molecule has 1 saturated carbocycles. The Balaban J connectivity index is 2.18. The van der Waals surface area contributed by atoms with E-state index >= 15 is 0 Å². The highest BCUT2D eigenvalue weighted by Gasteiger charge is 2.45. The second-order valence-electron chi connectivity index (χ2n) is 11.7. The van der Waals surface area contributed by atoms with Crippen LogP contribution in [0.5, 0.6) is 0 Å². The zero-order chi connectivity index (χ0) is 27.8. The van der Waals surface area contributed by atoms with E-state index in [0.29, 0.717) is 30.3 Å². The minimum Gasteiger partial charge on any atom is -0.511 e. The van der Waals surface area contributed by atoms with Crippen molar-refractivity contribution in [1.82, 2.24) is 0 Å². The van der Waals surface area contributed by atoms with Crippen LogP contribution >= 0.6 is 21.0 Å². The second kappa shape index (κ2) is 14.0. The average molecular weight is 552 g/mol. The van der Waals surface area contributed by atoms with Crippen LogP contribution in [0.3, 0.4) is 0 Å². The van der Waals surface area contributed by atoms with Crippen LogP contribution in [0, 0.1) is 17.3 Å². The molecule has 0 aromatic heterocycles. The molecule has 0 bridgehead atoms. The van der Waals surface area contributed by atoms with Crippen molar-refractivity contribution in [2.75, 3.05) is 12.8 Å². The fraction of sp³-hybridized carbons (Fsp3) is 0.655. The Hall–Kier alpha value is -1.56. The van der Waals surface area contributed by atoms with E-state index in [9.17, 15) is 14.7 Å². The summed E-state index contributed by atoms with van der Waals surface area (Å²) in [5.74, 6) is 0.561. The summed E-state index contributed by atoms with van der Waals surface area (Å²) in [6.07, 6.45) is 12.1. The van der Waals surface area contributed by atoms with E-state index in [1.54, 1.807) is 12.2 Å². The maximum Gasteiger partial charge on any atom is 0.349 e. The number of carbonyl (C=O) groups excluding carboxylic acids is 2. The van der Waals surface area contributed by atoms with Crippen LogP contribution in [0.2, 0.25) is 0 Å². The van der Waals surface area contributed by atoms with Crippen LogP contribution in [0.15, 0.2) is 46.1 Å². The van der Waals surface area contributed by atoms with E-state index in [0.717, 1.165) is 43.4 Å². The predicted molar refractivity (Wildman–Crippen MR) is 156 cm³/mol. The molecule has 0 saturated heterocycles. The number of nitrogens with two attached hydrogens (primary N) is 1. The summed E-state index contributed by atoms with van der Waals surface area (Å²) in [6, 6.07) is 0.306. The maximum atomic E-state index is 13.3. The van der Waals surface area contributed by atoms with Crippen molar-refractivity contribution >= 4 is 32.8 Å². The van der Waals surface area contributed by atoms with Gasteiger partial charge >= 0.3 is 5.97 Å². The van der Waals surface area contributed by atoms with Gasteiger partial charge in [-0.1, -0.05) is 59.0 Å². The molecule has 37 heavy (non-hydrogen) atoms. The summed E-state index contributed by atoms with van der Waals surface area (Å²) < 4.78 is 11.5. The molecule has 208 valence electrons. The van der Waals surface area contributed by atoms with Crippen molar-refractivity contribution in [3.63, 3.8) is 0 Å². The lowest BCUT2D eigenvalue weighted by Crippen LogP contribution is -2.44. The monoisotopic (exact) mass is 551 g/mol. The number of ether oxygens (including phenoxy) is 2. The summed E-state index contributed by atoms with van der Waals surface area (Å²) >= 11 is 1.19. The average Bonchev–Trinajstić information content (AvgIpc) is 2.81. The summed E-state index contributed by atoms with van der Waals surface area (Å²) in [7, 11) is 2.37. The first kappa shape index (κ1) is 31.7. The summed E-state index contributed by atoms with van der Waals surface area (Å²) in [5, 5.41) is 11.1. The number of rotatable bonds is 12. The standard InChI is InChI=1S/C29H46NO5PS/c1-19(2)29(14-13-21-8-10-22(30)11-9-21)16-25(32)26(27(33)35-29)37-24(15-28(4,5)6)12-7-20(3)34-17-23(31)18-36/h7,12,15,19,21-22,32H,3,8-11,13-14,16-18,30,36H2,1-2,4-6H3/b12-7-,24-15-. The van der Waals surface area contributed by atoms with Crippen LogP contribution in [0.4, 0.5) is 0 Å². The molecule has 0 radical (unpaired) electrons. The lowest BCUT2D eigenvalue weighted by molar-refractivity contribution is -0.165. The lowest BCUT2D eigenvalue weighted by Gasteiger charge is -2.41. The van der Waals surface area contributed by atoms with Gasteiger partial charge in [0.25, 0.3) is 0 Å². The van der Waals surface area contributed by atoms with Gasteiger partial charge in [-0.3, -0.25) is 4.79 Å². The first-order valence-electron chi connectivity index (χ1n) is 13.3. The molecule has 1 fully saturated rings. The predicted octanol–water partition coefficient (Wildman–Crippen LogP) is 6.59. The van der Waals surface area contributed by atoms with Gasteiger partial charge in [-0.2, -0.15) is 0 Å². The Morgan fingerprint density at radius 1 is 1.30 bits per heavy atom. The number of ketones is 1. The molecule has 8 heteroatoms. The highest BCUT2D eigenvalue weighted by molar-refractivity contribution is 8.07. The minimum absolute atomic E-state index is 0.0403. The van der Waals surface area contributed by atoms with Crippen molar-refractivity contribution < 1.29 is 24.2 Å². The largest absolute Gasteiger partial charge is 0.511 e. The van der Waals surface area contributed by atoms with E-state index in [1.165, 1.54) is 11.8 Å². The Morgan fingerprint density at radius 2 is 1.95 bits per heavy atom. The fourth-order valence-electron chi connectivity index (χ4n) is 4.64. The molecule has 2 rings (SSSR count). The van der Waals surface area contributed by atoms with Crippen LogP contribution in [0.25, 0.3) is 0 Å². The molecule has 0 aromatic carbocycles. The quantitative estimate of drug-likeness (QED) is 0.122. The number of allylic oxidation sites excluding steroid dienone is 3. The Kier molecular flexibility index (Phi) is 12.0. The van der Waals surface area contributed by atoms with E-state index < -0.39 is 11.6 Å². The molecule has 0 amide bonds. The smallest absolute Gasteiger partial charge is 0.349 e. The van der Waals surface area contributed by atoms with Crippen molar-refractivity contribution in [1.29, 1.82) is 0 Å². The van der Waals surface area contributed by atoms with Gasteiger partial charge in [0.1, 0.15) is 28.6 Å². The molecule has 2 unspecified atom stereocenters. The fourth-order valence-corrected chi connectivity index (χ4v) is 5.85. The number of aliphatic hydroxyl groups excluding tert-OH is 1. The third-order valence-corrected chi connectivity index (χ3v) is 8.56. The van der Waals surface area contributed by atoms with Gasteiger partial charge in [-0.25, -0.2) is 4.79 Å². The molecule has 2 atom stereocenters. The lowest BCUT2D eigenvalue weighted by atomic mass is 9.76. The van der Waals surface area contributed by atoms with Crippen molar-refractivity contribution in [2.45, 2.75) is 91.2 Å². The number of thioether (sulfide) groups is 1. The number of hydrogen-bond donors (Lipinski definition) is 2. The third kappa shape index (κ3) is 10.3. The highest BCUT2D eigenvalue weighted by Crippen LogP contribution is 2.45. The molecule has 0 aromatic rings.